The number of hydrogen-bond acceptors (Lipinski definition) is 4. The highest BCUT2D eigenvalue weighted by atomic mass is 16.5. The summed E-state index contributed by atoms with van der Waals surface area (Å²) in [5, 5.41) is 2.94. The highest BCUT2D eigenvalue weighted by molar-refractivity contribution is 5.74. The first-order valence-corrected chi connectivity index (χ1v) is 9.62. The van der Waals surface area contributed by atoms with Crippen LogP contribution in [0.2, 0.25) is 0 Å². The fourth-order valence-electron chi connectivity index (χ4n) is 2.76. The van der Waals surface area contributed by atoms with Gasteiger partial charge in [-0.05, 0) is 50.1 Å². The van der Waals surface area contributed by atoms with Crippen molar-refractivity contribution in [2.24, 2.45) is 5.73 Å². The van der Waals surface area contributed by atoms with E-state index >= 15 is 0 Å². The molecular formula is C22H31N3O3. The molecule has 2 amide bonds. The Morgan fingerprint density at radius 3 is 2.50 bits per heavy atom. The molecule has 3 N–H and O–H groups in total. The Kier molecular flexibility index (Phi) is 8.62. The number of nitrogens with one attached hydrogen (secondary N) is 1. The molecule has 2 rings (SSSR count). The first kappa shape index (κ1) is 21.6. The van der Waals surface area contributed by atoms with Crippen molar-refractivity contribution in [1.82, 2.24) is 10.2 Å². The normalized spacial score (nSPS) is 10.6. The first-order valence-electron chi connectivity index (χ1n) is 9.62. The van der Waals surface area contributed by atoms with Crippen molar-refractivity contribution in [3.8, 4) is 11.5 Å². The zero-order valence-electron chi connectivity index (χ0n) is 17.0. The lowest BCUT2D eigenvalue weighted by Gasteiger charge is -2.24. The summed E-state index contributed by atoms with van der Waals surface area (Å²) < 4.78 is 11.4. The van der Waals surface area contributed by atoms with Gasteiger partial charge in [-0.25, -0.2) is 4.79 Å². The van der Waals surface area contributed by atoms with Crippen LogP contribution < -0.4 is 20.5 Å². The molecule has 6 heteroatoms. The Hall–Kier alpha value is -2.73. The van der Waals surface area contributed by atoms with Crippen LogP contribution in [0.3, 0.4) is 0 Å². The molecule has 6 nitrogen and oxygen atoms in total. The van der Waals surface area contributed by atoms with Crippen LogP contribution in [0.15, 0.2) is 48.5 Å². The van der Waals surface area contributed by atoms with E-state index in [1.807, 2.05) is 62.4 Å². The van der Waals surface area contributed by atoms with Crippen LogP contribution in [0.4, 0.5) is 4.79 Å². The van der Waals surface area contributed by atoms with Gasteiger partial charge in [0.1, 0.15) is 6.61 Å². The molecule has 152 valence electrons. The van der Waals surface area contributed by atoms with Crippen molar-refractivity contribution in [2.45, 2.75) is 39.5 Å². The summed E-state index contributed by atoms with van der Waals surface area (Å²) >= 11 is 0. The predicted octanol–water partition coefficient (Wildman–Crippen LogP) is 3.54. The summed E-state index contributed by atoms with van der Waals surface area (Å²) in [6, 6.07) is 15.7. The van der Waals surface area contributed by atoms with E-state index in [-0.39, 0.29) is 12.1 Å². The number of nitrogens with two attached hydrogens (primary N) is 1. The van der Waals surface area contributed by atoms with Gasteiger partial charge in [-0.3, -0.25) is 0 Å². The molecule has 0 atom stereocenters. The summed E-state index contributed by atoms with van der Waals surface area (Å²) in [7, 11) is 1.62. The van der Waals surface area contributed by atoms with Gasteiger partial charge in [-0.2, -0.15) is 0 Å². The molecule has 0 aliphatic carbocycles. The van der Waals surface area contributed by atoms with Crippen LogP contribution in [0, 0.1) is 0 Å². The average molecular weight is 386 g/mol. The van der Waals surface area contributed by atoms with Crippen LogP contribution in [-0.2, 0) is 13.2 Å². The number of benzene rings is 2. The molecule has 0 bridgehead atoms. The number of amides is 2. The van der Waals surface area contributed by atoms with Gasteiger partial charge in [0.25, 0.3) is 0 Å². The van der Waals surface area contributed by atoms with Crippen molar-refractivity contribution in [3.05, 3.63) is 59.7 Å². The second kappa shape index (κ2) is 11.2. The quantitative estimate of drug-likeness (QED) is 0.656. The van der Waals surface area contributed by atoms with E-state index in [0.717, 1.165) is 17.5 Å². The van der Waals surface area contributed by atoms with Gasteiger partial charge in [0.05, 0.1) is 7.11 Å². The van der Waals surface area contributed by atoms with E-state index in [0.29, 0.717) is 37.7 Å². The Morgan fingerprint density at radius 1 is 1.11 bits per heavy atom. The number of urea groups is 1. The molecule has 0 radical (unpaired) electrons. The Morgan fingerprint density at radius 2 is 1.86 bits per heavy atom. The zero-order valence-corrected chi connectivity index (χ0v) is 17.0. The fourth-order valence-corrected chi connectivity index (χ4v) is 2.76. The van der Waals surface area contributed by atoms with Crippen LogP contribution in [0.5, 0.6) is 11.5 Å². The lowest BCUT2D eigenvalue weighted by Crippen LogP contribution is -2.43. The SMILES string of the molecule is COc1cc(CN(CCCN)C(=O)NC(C)C)ccc1OCc1ccccc1. The fraction of sp³-hybridized carbons (Fsp3) is 0.409. The number of carbonyl (C=O) groups is 1. The first-order chi connectivity index (χ1) is 13.5. The Balaban J connectivity index is 2.08. The maximum Gasteiger partial charge on any atom is 0.317 e. The molecule has 0 aliphatic rings. The third kappa shape index (κ3) is 6.78. The molecular weight excluding hydrogens is 354 g/mol. The summed E-state index contributed by atoms with van der Waals surface area (Å²) in [6.07, 6.45) is 0.751. The van der Waals surface area contributed by atoms with Crippen LogP contribution in [0.1, 0.15) is 31.4 Å². The van der Waals surface area contributed by atoms with E-state index in [1.165, 1.54) is 0 Å². The second-order valence-corrected chi connectivity index (χ2v) is 6.93. The topological polar surface area (TPSA) is 76.8 Å². The molecule has 0 aromatic heterocycles. The third-order valence-corrected chi connectivity index (χ3v) is 4.17. The van der Waals surface area contributed by atoms with Crippen molar-refractivity contribution in [3.63, 3.8) is 0 Å². The largest absolute Gasteiger partial charge is 0.493 e. The second-order valence-electron chi connectivity index (χ2n) is 6.93. The molecule has 2 aromatic carbocycles. The van der Waals surface area contributed by atoms with Gasteiger partial charge < -0.3 is 25.4 Å². The standard InChI is InChI=1S/C22H31N3O3/c1-17(2)24-22(26)25(13-7-12-23)15-19-10-11-20(21(14-19)27-3)28-16-18-8-5-4-6-9-18/h4-6,8-11,14,17H,7,12-13,15-16,23H2,1-3H3,(H,24,26). The van der Waals surface area contributed by atoms with E-state index < -0.39 is 0 Å². The van der Waals surface area contributed by atoms with Crippen LogP contribution in [0.25, 0.3) is 0 Å². The van der Waals surface area contributed by atoms with E-state index in [2.05, 4.69) is 5.32 Å². The molecule has 0 saturated heterocycles. The molecule has 0 saturated carbocycles. The minimum atomic E-state index is -0.0909. The summed E-state index contributed by atoms with van der Waals surface area (Å²) in [4.78, 5) is 14.2. The van der Waals surface area contributed by atoms with Gasteiger partial charge >= 0.3 is 6.03 Å². The van der Waals surface area contributed by atoms with E-state index in [1.54, 1.807) is 12.0 Å². The molecule has 0 heterocycles. The van der Waals surface area contributed by atoms with Gasteiger partial charge in [-0.15, -0.1) is 0 Å². The zero-order chi connectivity index (χ0) is 20.4. The van der Waals surface area contributed by atoms with Gasteiger partial charge in [-0.1, -0.05) is 36.4 Å². The predicted molar refractivity (Wildman–Crippen MR) is 112 cm³/mol. The summed E-state index contributed by atoms with van der Waals surface area (Å²) in [5.41, 5.74) is 7.69. The van der Waals surface area contributed by atoms with Crippen molar-refractivity contribution in [1.29, 1.82) is 0 Å². The van der Waals surface area contributed by atoms with Crippen molar-refractivity contribution >= 4 is 6.03 Å². The van der Waals surface area contributed by atoms with Crippen molar-refractivity contribution in [2.75, 3.05) is 20.2 Å². The molecule has 0 unspecified atom stereocenters. The maximum atomic E-state index is 12.5. The van der Waals surface area contributed by atoms with E-state index in [4.69, 9.17) is 15.2 Å². The highest BCUT2D eigenvalue weighted by Gasteiger charge is 2.16. The average Bonchev–Trinajstić information content (AvgIpc) is 2.70. The molecule has 0 aliphatic heterocycles. The molecule has 28 heavy (non-hydrogen) atoms. The number of nitrogens with zero attached hydrogens (tertiary/aromatic N) is 1. The lowest BCUT2D eigenvalue weighted by atomic mass is 10.1. The number of carbonyl (C=O) groups excluding carboxylic acids is 1. The van der Waals surface area contributed by atoms with Gasteiger partial charge in [0.2, 0.25) is 0 Å². The van der Waals surface area contributed by atoms with Gasteiger partial charge in [0.15, 0.2) is 11.5 Å². The monoisotopic (exact) mass is 385 g/mol. The number of rotatable bonds is 10. The molecule has 2 aromatic rings. The highest BCUT2D eigenvalue weighted by Crippen LogP contribution is 2.29. The van der Waals surface area contributed by atoms with Crippen LogP contribution >= 0.6 is 0 Å². The minimum absolute atomic E-state index is 0.0798. The summed E-state index contributed by atoms with van der Waals surface area (Å²) in [6.45, 7) is 5.98. The van der Waals surface area contributed by atoms with Crippen molar-refractivity contribution < 1.29 is 14.3 Å². The molecule has 0 spiro atoms. The third-order valence-electron chi connectivity index (χ3n) is 4.17. The number of methoxy groups -OCH3 is 1. The van der Waals surface area contributed by atoms with E-state index in [9.17, 15) is 4.79 Å². The Labute approximate surface area is 167 Å². The van der Waals surface area contributed by atoms with Gasteiger partial charge in [0, 0.05) is 19.1 Å². The number of ether oxygens (including phenoxy) is 2. The smallest absolute Gasteiger partial charge is 0.317 e. The minimum Gasteiger partial charge on any atom is -0.493 e. The maximum absolute atomic E-state index is 12.5. The molecule has 0 fully saturated rings. The van der Waals surface area contributed by atoms with Crippen LogP contribution in [-0.4, -0.2) is 37.2 Å². The lowest BCUT2D eigenvalue weighted by molar-refractivity contribution is 0.192. The Bertz CT molecular complexity index is 735. The summed E-state index contributed by atoms with van der Waals surface area (Å²) in [5.74, 6) is 1.33. The number of hydrogen-bond donors (Lipinski definition) is 2.